The molecule has 0 aromatic heterocycles. The predicted octanol–water partition coefficient (Wildman–Crippen LogP) is 3.24. The summed E-state index contributed by atoms with van der Waals surface area (Å²) < 4.78 is 58.5. The van der Waals surface area contributed by atoms with E-state index in [2.05, 4.69) is 10.1 Å². The summed E-state index contributed by atoms with van der Waals surface area (Å²) in [4.78, 5) is 0. The van der Waals surface area contributed by atoms with Gasteiger partial charge in [0.05, 0.1) is 0 Å². The molecule has 0 radical (unpaired) electrons. The predicted molar refractivity (Wildman–Crippen MR) is 65.9 cm³/mol. The minimum atomic E-state index is -4.43. The minimum Gasteiger partial charge on any atom is -0.464 e. The summed E-state index contributed by atoms with van der Waals surface area (Å²) in [6.45, 7) is 1.04. The molecule has 0 bridgehead atoms. The first kappa shape index (κ1) is 16.7. The van der Waals surface area contributed by atoms with Crippen LogP contribution in [0.4, 0.5) is 17.6 Å². The number of nitrogens with one attached hydrogen (secondary N) is 1. The van der Waals surface area contributed by atoms with Crippen molar-refractivity contribution in [3.05, 3.63) is 29.6 Å². The average Bonchev–Trinajstić information content (AvgIpc) is 2.36. The van der Waals surface area contributed by atoms with Crippen LogP contribution in [0.3, 0.4) is 0 Å². The Hall–Kier alpha value is -1.34. The monoisotopic (exact) mass is 295 g/mol. The van der Waals surface area contributed by atoms with Crippen molar-refractivity contribution in [2.24, 2.45) is 0 Å². The van der Waals surface area contributed by atoms with Crippen molar-refractivity contribution in [2.45, 2.75) is 26.1 Å². The summed E-state index contributed by atoms with van der Waals surface area (Å²) in [6, 6.07) is 4.34. The van der Waals surface area contributed by atoms with E-state index in [1.807, 2.05) is 6.92 Å². The summed E-state index contributed by atoms with van der Waals surface area (Å²) >= 11 is 0. The first-order valence-electron chi connectivity index (χ1n) is 6.19. The van der Waals surface area contributed by atoms with Crippen LogP contribution in [0.15, 0.2) is 18.2 Å². The van der Waals surface area contributed by atoms with E-state index in [4.69, 9.17) is 4.74 Å². The van der Waals surface area contributed by atoms with Crippen LogP contribution in [0.25, 0.3) is 0 Å². The highest BCUT2D eigenvalue weighted by Gasteiger charge is 2.27. The van der Waals surface area contributed by atoms with Gasteiger partial charge in [0.2, 0.25) is 0 Å². The van der Waals surface area contributed by atoms with Crippen LogP contribution < -0.4 is 10.1 Å². The lowest BCUT2D eigenvalue weighted by Crippen LogP contribution is -2.20. The molecule has 3 nitrogen and oxygen atoms in total. The van der Waals surface area contributed by atoms with Crippen LogP contribution in [0.1, 0.15) is 18.9 Å². The number of hydrogen-bond acceptors (Lipinski definition) is 3. The highest BCUT2D eigenvalue weighted by atomic mass is 19.4. The van der Waals surface area contributed by atoms with Crippen molar-refractivity contribution < 1.29 is 27.0 Å². The molecule has 0 aliphatic rings. The summed E-state index contributed by atoms with van der Waals surface area (Å²) in [5.41, 5.74) is 0.536. The molecule has 0 unspecified atom stereocenters. The molecule has 0 saturated carbocycles. The number of hydrogen-bond donors (Lipinski definition) is 1. The summed E-state index contributed by atoms with van der Waals surface area (Å²) in [5.74, 6) is -0.713. The number of para-hydroxylation sites is 1. The van der Waals surface area contributed by atoms with Crippen molar-refractivity contribution in [3.8, 4) is 5.75 Å². The molecule has 1 N–H and O–H groups in total. The summed E-state index contributed by atoms with van der Waals surface area (Å²) in [7, 11) is 0. The zero-order chi connectivity index (χ0) is 15.0. The van der Waals surface area contributed by atoms with Gasteiger partial charge in [0.1, 0.15) is 6.61 Å². The van der Waals surface area contributed by atoms with Crippen LogP contribution in [0.2, 0.25) is 0 Å². The molecule has 0 spiro atoms. The van der Waals surface area contributed by atoms with Gasteiger partial charge in [-0.15, -0.1) is 0 Å². The Labute approximate surface area is 114 Å². The summed E-state index contributed by atoms with van der Waals surface area (Å²) in [6.07, 6.45) is -3.51. The van der Waals surface area contributed by atoms with E-state index in [-0.39, 0.29) is 5.75 Å². The van der Waals surface area contributed by atoms with Crippen LogP contribution in [-0.4, -0.2) is 26.1 Å². The van der Waals surface area contributed by atoms with E-state index < -0.39 is 25.4 Å². The highest BCUT2D eigenvalue weighted by Crippen LogP contribution is 2.23. The smallest absolute Gasteiger partial charge is 0.411 e. The maximum atomic E-state index is 13.6. The molecule has 20 heavy (non-hydrogen) atoms. The van der Waals surface area contributed by atoms with Gasteiger partial charge in [0, 0.05) is 12.1 Å². The molecule has 1 aromatic rings. The Morgan fingerprint density at radius 2 is 2.00 bits per heavy atom. The van der Waals surface area contributed by atoms with Crippen molar-refractivity contribution in [1.29, 1.82) is 0 Å². The van der Waals surface area contributed by atoms with Gasteiger partial charge in [-0.05, 0) is 19.0 Å². The van der Waals surface area contributed by atoms with Crippen molar-refractivity contribution in [3.63, 3.8) is 0 Å². The molecule has 1 aromatic carbocycles. The fraction of sp³-hybridized carbons (Fsp3) is 0.538. The maximum Gasteiger partial charge on any atom is 0.411 e. The Morgan fingerprint density at radius 1 is 1.25 bits per heavy atom. The SMILES string of the molecule is CCCNCc1cccc(F)c1OCOCC(F)(F)F. The van der Waals surface area contributed by atoms with Gasteiger partial charge < -0.3 is 14.8 Å². The molecule has 0 amide bonds. The van der Waals surface area contributed by atoms with E-state index >= 15 is 0 Å². The van der Waals surface area contributed by atoms with E-state index in [9.17, 15) is 17.6 Å². The first-order chi connectivity index (χ1) is 9.44. The number of halogens is 4. The van der Waals surface area contributed by atoms with Crippen LogP contribution in [0, 0.1) is 5.82 Å². The molecule has 0 aliphatic heterocycles. The fourth-order valence-electron chi connectivity index (χ4n) is 1.51. The van der Waals surface area contributed by atoms with Gasteiger partial charge in [0.25, 0.3) is 0 Å². The number of ether oxygens (including phenoxy) is 2. The van der Waals surface area contributed by atoms with E-state index in [0.29, 0.717) is 12.1 Å². The molecule has 114 valence electrons. The second-order valence-electron chi connectivity index (χ2n) is 4.13. The highest BCUT2D eigenvalue weighted by molar-refractivity contribution is 5.34. The number of benzene rings is 1. The van der Waals surface area contributed by atoms with Gasteiger partial charge in [-0.1, -0.05) is 19.1 Å². The third kappa shape index (κ3) is 6.21. The Bertz CT molecular complexity index is 410. The molecular formula is C13H17F4NO2. The van der Waals surface area contributed by atoms with Gasteiger partial charge in [0.15, 0.2) is 18.4 Å². The van der Waals surface area contributed by atoms with E-state index in [1.54, 1.807) is 6.07 Å². The van der Waals surface area contributed by atoms with Crippen molar-refractivity contribution in [1.82, 2.24) is 5.32 Å². The fourth-order valence-corrected chi connectivity index (χ4v) is 1.51. The molecule has 1 rings (SSSR count). The van der Waals surface area contributed by atoms with Gasteiger partial charge in [-0.25, -0.2) is 4.39 Å². The molecule has 0 aliphatic carbocycles. The van der Waals surface area contributed by atoms with Crippen molar-refractivity contribution in [2.75, 3.05) is 19.9 Å². The third-order valence-electron chi connectivity index (χ3n) is 2.34. The molecule has 0 atom stereocenters. The minimum absolute atomic E-state index is 0.0849. The van der Waals surface area contributed by atoms with Crippen LogP contribution in [-0.2, 0) is 11.3 Å². The molecule has 7 heteroatoms. The number of alkyl halides is 3. The standard InChI is InChI=1S/C13H17F4NO2/c1-2-6-18-7-10-4-3-5-11(14)12(10)20-9-19-8-13(15,16)17/h3-5,18H,2,6-9H2,1H3. The van der Waals surface area contributed by atoms with E-state index in [1.165, 1.54) is 12.1 Å². The Balaban J connectivity index is 2.54. The zero-order valence-electron chi connectivity index (χ0n) is 11.1. The second kappa shape index (κ2) is 8.06. The topological polar surface area (TPSA) is 30.5 Å². The van der Waals surface area contributed by atoms with Crippen LogP contribution >= 0.6 is 0 Å². The Kier molecular flexibility index (Phi) is 6.74. The lowest BCUT2D eigenvalue weighted by Gasteiger charge is -2.13. The van der Waals surface area contributed by atoms with Gasteiger partial charge in [-0.2, -0.15) is 13.2 Å². The van der Waals surface area contributed by atoms with Gasteiger partial charge in [-0.3, -0.25) is 0 Å². The third-order valence-corrected chi connectivity index (χ3v) is 2.34. The largest absolute Gasteiger partial charge is 0.464 e. The number of rotatable bonds is 8. The quantitative estimate of drug-likeness (QED) is 0.454. The maximum absolute atomic E-state index is 13.6. The zero-order valence-corrected chi connectivity index (χ0v) is 11.1. The lowest BCUT2D eigenvalue weighted by atomic mass is 10.2. The Morgan fingerprint density at radius 3 is 2.65 bits per heavy atom. The first-order valence-corrected chi connectivity index (χ1v) is 6.19. The second-order valence-corrected chi connectivity index (χ2v) is 4.13. The van der Waals surface area contributed by atoms with Crippen LogP contribution in [0.5, 0.6) is 5.75 Å². The molecule has 0 saturated heterocycles. The molecule has 0 fully saturated rings. The van der Waals surface area contributed by atoms with E-state index in [0.717, 1.165) is 13.0 Å². The van der Waals surface area contributed by atoms with Crippen molar-refractivity contribution >= 4 is 0 Å². The molecular weight excluding hydrogens is 278 g/mol. The summed E-state index contributed by atoms with van der Waals surface area (Å²) in [5, 5.41) is 3.07. The lowest BCUT2D eigenvalue weighted by molar-refractivity contribution is -0.187. The van der Waals surface area contributed by atoms with Gasteiger partial charge >= 0.3 is 6.18 Å². The average molecular weight is 295 g/mol. The molecule has 0 heterocycles. The normalized spacial score (nSPS) is 11.7.